The summed E-state index contributed by atoms with van der Waals surface area (Å²) in [6.07, 6.45) is 1.55. The van der Waals surface area contributed by atoms with Gasteiger partial charge >= 0.3 is 0 Å². The number of hydrogen-bond donors (Lipinski definition) is 1. The molecule has 1 amide bonds. The van der Waals surface area contributed by atoms with Gasteiger partial charge < -0.3 is 14.2 Å². The second-order valence-corrected chi connectivity index (χ2v) is 8.14. The molecule has 0 aliphatic carbocycles. The van der Waals surface area contributed by atoms with E-state index in [4.69, 9.17) is 14.2 Å². The molecule has 0 bridgehead atoms. The summed E-state index contributed by atoms with van der Waals surface area (Å²) in [7, 11) is 3.04. The van der Waals surface area contributed by atoms with Crippen molar-refractivity contribution in [1.82, 2.24) is 5.43 Å². The van der Waals surface area contributed by atoms with Crippen molar-refractivity contribution in [1.29, 1.82) is 0 Å². The molecular weight excluding hydrogens is 528 g/mol. The Morgan fingerprint density at radius 1 is 0.968 bits per heavy atom. The average Bonchev–Trinajstić information content (AvgIpc) is 2.79. The summed E-state index contributed by atoms with van der Waals surface area (Å²) in [5.74, 6) is 1.34. The van der Waals surface area contributed by atoms with Crippen LogP contribution in [0.25, 0.3) is 0 Å². The van der Waals surface area contributed by atoms with Gasteiger partial charge in [0.25, 0.3) is 5.91 Å². The van der Waals surface area contributed by atoms with Crippen LogP contribution in [0, 0.1) is 0 Å². The van der Waals surface area contributed by atoms with Crippen molar-refractivity contribution in [3.63, 3.8) is 0 Å². The topological polar surface area (TPSA) is 69.2 Å². The summed E-state index contributed by atoms with van der Waals surface area (Å²) >= 11 is 6.93. The van der Waals surface area contributed by atoms with Crippen LogP contribution in [-0.2, 0) is 6.61 Å². The number of nitrogens with zero attached hydrogens (tertiary/aromatic N) is 1. The molecule has 0 saturated heterocycles. The van der Waals surface area contributed by atoms with Crippen LogP contribution in [0.2, 0.25) is 0 Å². The van der Waals surface area contributed by atoms with E-state index in [-0.39, 0.29) is 5.91 Å². The number of methoxy groups -OCH3 is 2. The maximum absolute atomic E-state index is 12.4. The van der Waals surface area contributed by atoms with Crippen LogP contribution in [-0.4, -0.2) is 26.3 Å². The van der Waals surface area contributed by atoms with Gasteiger partial charge in [-0.1, -0.05) is 28.1 Å². The molecule has 3 rings (SSSR count). The first-order chi connectivity index (χ1) is 15.0. The van der Waals surface area contributed by atoms with Crippen molar-refractivity contribution in [2.45, 2.75) is 6.61 Å². The summed E-state index contributed by atoms with van der Waals surface area (Å²) in [6, 6.07) is 18.5. The number of benzene rings is 3. The van der Waals surface area contributed by atoms with Crippen molar-refractivity contribution < 1.29 is 19.0 Å². The summed E-state index contributed by atoms with van der Waals surface area (Å²) in [5.41, 5.74) is 4.73. The van der Waals surface area contributed by atoms with Crippen LogP contribution in [0.5, 0.6) is 17.2 Å². The first-order valence-corrected chi connectivity index (χ1v) is 10.8. The number of hydrazone groups is 1. The minimum absolute atomic E-state index is 0.360. The molecule has 0 aliphatic heterocycles. The predicted molar refractivity (Wildman–Crippen MR) is 127 cm³/mol. The molecule has 8 heteroatoms. The fourth-order valence-corrected chi connectivity index (χ4v) is 3.44. The van der Waals surface area contributed by atoms with Gasteiger partial charge in [0.1, 0.15) is 23.9 Å². The predicted octanol–water partition coefficient (Wildman–Crippen LogP) is 5.57. The molecule has 0 fully saturated rings. The largest absolute Gasteiger partial charge is 0.497 e. The van der Waals surface area contributed by atoms with Crippen molar-refractivity contribution in [3.8, 4) is 17.2 Å². The molecule has 0 unspecified atom stereocenters. The summed E-state index contributed by atoms with van der Waals surface area (Å²) in [6.45, 7) is 0.457. The van der Waals surface area contributed by atoms with E-state index in [2.05, 4.69) is 42.4 Å². The molecular formula is C23H20Br2N2O4. The number of hydrogen-bond acceptors (Lipinski definition) is 5. The number of nitrogens with one attached hydrogen (secondary N) is 1. The fraction of sp³-hybridized carbons (Fsp3) is 0.130. The van der Waals surface area contributed by atoms with Crippen molar-refractivity contribution in [2.75, 3.05) is 14.2 Å². The average molecular weight is 548 g/mol. The zero-order valence-corrected chi connectivity index (χ0v) is 20.1. The van der Waals surface area contributed by atoms with E-state index < -0.39 is 0 Å². The Kier molecular flexibility index (Phi) is 8.08. The van der Waals surface area contributed by atoms with Gasteiger partial charge in [0.2, 0.25) is 0 Å². The summed E-state index contributed by atoms with van der Waals surface area (Å²) < 4.78 is 18.1. The first kappa shape index (κ1) is 22.8. The lowest BCUT2D eigenvalue weighted by Gasteiger charge is -2.09. The quantitative estimate of drug-likeness (QED) is 0.295. The highest BCUT2D eigenvalue weighted by Crippen LogP contribution is 2.27. The Morgan fingerprint density at radius 2 is 1.74 bits per heavy atom. The Labute approximate surface area is 197 Å². The van der Waals surface area contributed by atoms with E-state index in [9.17, 15) is 4.79 Å². The molecule has 0 atom stereocenters. The van der Waals surface area contributed by atoms with Gasteiger partial charge in [-0.2, -0.15) is 5.10 Å². The summed E-state index contributed by atoms with van der Waals surface area (Å²) in [4.78, 5) is 12.4. The molecule has 0 aliphatic rings. The Bertz CT molecular complexity index is 1090. The van der Waals surface area contributed by atoms with Crippen LogP contribution in [0.15, 0.2) is 74.7 Å². The number of carbonyl (C=O) groups is 1. The molecule has 0 spiro atoms. The third-order valence-corrected chi connectivity index (χ3v) is 5.44. The van der Waals surface area contributed by atoms with Gasteiger partial charge in [-0.3, -0.25) is 4.79 Å². The van der Waals surface area contributed by atoms with E-state index in [1.807, 2.05) is 42.5 Å². The first-order valence-electron chi connectivity index (χ1n) is 9.22. The summed E-state index contributed by atoms with van der Waals surface area (Å²) in [5, 5.41) is 4.03. The number of carbonyl (C=O) groups excluding carboxylic acids is 1. The molecule has 0 radical (unpaired) electrons. The molecule has 0 saturated carbocycles. The van der Waals surface area contributed by atoms with Crippen LogP contribution in [0.4, 0.5) is 0 Å². The standard InChI is InChI=1S/C23H20Br2N2O4/c1-29-18-8-9-19(22(12-18)30-2)23(28)27-26-13-16-5-10-21(20(25)11-16)31-14-15-3-6-17(24)7-4-15/h3-13H,14H2,1-2H3,(H,27,28)/b26-13-. The van der Waals surface area contributed by atoms with E-state index in [1.165, 1.54) is 7.11 Å². The Balaban J connectivity index is 1.60. The van der Waals surface area contributed by atoms with E-state index >= 15 is 0 Å². The maximum atomic E-state index is 12.4. The minimum atomic E-state index is -0.385. The number of rotatable bonds is 8. The minimum Gasteiger partial charge on any atom is -0.497 e. The maximum Gasteiger partial charge on any atom is 0.275 e. The van der Waals surface area contributed by atoms with Gasteiger partial charge in [0, 0.05) is 10.5 Å². The number of ether oxygens (including phenoxy) is 3. The Morgan fingerprint density at radius 3 is 2.42 bits per heavy atom. The highest BCUT2D eigenvalue weighted by atomic mass is 79.9. The van der Waals surface area contributed by atoms with Crippen molar-refractivity contribution in [3.05, 3.63) is 86.3 Å². The van der Waals surface area contributed by atoms with E-state index in [0.29, 0.717) is 29.4 Å². The molecule has 160 valence electrons. The number of halogens is 2. The second kappa shape index (κ2) is 11.0. The lowest BCUT2D eigenvalue weighted by Crippen LogP contribution is -2.18. The molecule has 1 N–H and O–H groups in total. The van der Waals surface area contributed by atoms with Gasteiger partial charge in [0.05, 0.1) is 30.5 Å². The van der Waals surface area contributed by atoms with Crippen molar-refractivity contribution in [2.24, 2.45) is 5.10 Å². The van der Waals surface area contributed by atoms with E-state index in [1.54, 1.807) is 31.5 Å². The monoisotopic (exact) mass is 546 g/mol. The normalized spacial score (nSPS) is 10.7. The molecule has 31 heavy (non-hydrogen) atoms. The zero-order valence-electron chi connectivity index (χ0n) is 16.9. The highest BCUT2D eigenvalue weighted by molar-refractivity contribution is 9.10. The van der Waals surface area contributed by atoms with Crippen LogP contribution >= 0.6 is 31.9 Å². The van der Waals surface area contributed by atoms with Crippen LogP contribution in [0.3, 0.4) is 0 Å². The molecule has 3 aromatic carbocycles. The second-order valence-electron chi connectivity index (χ2n) is 6.37. The van der Waals surface area contributed by atoms with Gasteiger partial charge in [-0.25, -0.2) is 5.43 Å². The lowest BCUT2D eigenvalue weighted by molar-refractivity contribution is 0.0952. The SMILES string of the molecule is COc1ccc(C(=O)N/N=C\c2ccc(OCc3ccc(Br)cc3)c(Br)c2)c(OC)c1. The van der Waals surface area contributed by atoms with Gasteiger partial charge in [-0.15, -0.1) is 0 Å². The fourth-order valence-electron chi connectivity index (χ4n) is 2.67. The highest BCUT2D eigenvalue weighted by Gasteiger charge is 2.12. The molecule has 6 nitrogen and oxygen atoms in total. The molecule has 0 aromatic heterocycles. The van der Waals surface area contributed by atoms with Crippen molar-refractivity contribution >= 4 is 44.0 Å². The smallest absolute Gasteiger partial charge is 0.275 e. The van der Waals surface area contributed by atoms with E-state index in [0.717, 1.165) is 20.1 Å². The lowest BCUT2D eigenvalue weighted by atomic mass is 10.2. The zero-order chi connectivity index (χ0) is 22.2. The van der Waals surface area contributed by atoms with Crippen LogP contribution in [0.1, 0.15) is 21.5 Å². The molecule has 0 heterocycles. The number of amides is 1. The molecule has 3 aromatic rings. The van der Waals surface area contributed by atoms with Crippen LogP contribution < -0.4 is 19.6 Å². The Hall–Kier alpha value is -2.84. The third-order valence-electron chi connectivity index (χ3n) is 4.30. The van der Waals surface area contributed by atoms with Gasteiger partial charge in [-0.05, 0) is 69.5 Å². The third kappa shape index (κ3) is 6.32. The van der Waals surface area contributed by atoms with Gasteiger partial charge in [0.15, 0.2) is 0 Å².